The third-order valence-corrected chi connectivity index (χ3v) is 3.19. The maximum Gasteiger partial charge on any atom is 0.407 e. The summed E-state index contributed by atoms with van der Waals surface area (Å²) in [6.07, 6.45) is -1.36. The van der Waals surface area contributed by atoms with Crippen molar-refractivity contribution < 1.29 is 33.7 Å². The van der Waals surface area contributed by atoms with Crippen LogP contribution in [-0.4, -0.2) is 54.6 Å². The summed E-state index contributed by atoms with van der Waals surface area (Å²) in [4.78, 5) is 34.0. The van der Waals surface area contributed by atoms with Gasteiger partial charge in [0, 0.05) is 25.3 Å². The Balaban J connectivity index is 4.37. The molecule has 0 aromatic heterocycles. The first-order valence-electron chi connectivity index (χ1n) is 8.28. The number of alkyl carbamates (subject to hydrolysis) is 1. The van der Waals surface area contributed by atoms with Crippen LogP contribution < -0.4 is 5.32 Å². The van der Waals surface area contributed by atoms with Crippen LogP contribution in [0.5, 0.6) is 0 Å². The highest BCUT2D eigenvalue weighted by atomic mass is 16.6. The number of hydrogen-bond acceptors (Lipinski definition) is 7. The zero-order valence-electron chi connectivity index (χ0n) is 15.4. The molecule has 25 heavy (non-hydrogen) atoms. The van der Waals surface area contributed by atoms with E-state index in [1.165, 1.54) is 13.8 Å². The molecule has 8 nitrogen and oxygen atoms in total. The van der Waals surface area contributed by atoms with Gasteiger partial charge in [-0.3, -0.25) is 4.79 Å². The molecule has 0 heterocycles. The minimum absolute atomic E-state index is 0.00705. The molecule has 0 saturated carbocycles. The van der Waals surface area contributed by atoms with E-state index in [-0.39, 0.29) is 31.6 Å². The minimum atomic E-state index is -0.699. The number of ether oxygens (including phenoxy) is 3. The number of carbonyl (C=O) groups is 3. The summed E-state index contributed by atoms with van der Waals surface area (Å²) in [6, 6.07) is 0. The topological polar surface area (TPSA) is 111 Å². The lowest BCUT2D eigenvalue weighted by atomic mass is 10.0. The van der Waals surface area contributed by atoms with Crippen molar-refractivity contribution in [1.29, 1.82) is 0 Å². The van der Waals surface area contributed by atoms with E-state index >= 15 is 0 Å². The van der Waals surface area contributed by atoms with Crippen LogP contribution >= 0.6 is 0 Å². The lowest BCUT2D eigenvalue weighted by molar-refractivity contribution is -0.147. The Morgan fingerprint density at radius 2 is 1.80 bits per heavy atom. The fraction of sp³-hybridized carbons (Fsp3) is 0.706. The van der Waals surface area contributed by atoms with Gasteiger partial charge < -0.3 is 24.6 Å². The summed E-state index contributed by atoms with van der Waals surface area (Å²) >= 11 is 0. The van der Waals surface area contributed by atoms with Gasteiger partial charge in [0.2, 0.25) is 0 Å². The summed E-state index contributed by atoms with van der Waals surface area (Å²) in [5, 5.41) is 12.2. The Hall–Kier alpha value is -2.09. The number of aliphatic hydroxyl groups is 1. The summed E-state index contributed by atoms with van der Waals surface area (Å²) in [7, 11) is 0. The zero-order chi connectivity index (χ0) is 19.4. The molecular formula is C17H29NO7. The molecule has 0 aliphatic carbocycles. The normalized spacial score (nSPS) is 14.0. The molecule has 0 bridgehead atoms. The van der Waals surface area contributed by atoms with Gasteiger partial charge in [0.05, 0.1) is 12.6 Å². The van der Waals surface area contributed by atoms with Gasteiger partial charge in [0.1, 0.15) is 18.8 Å². The lowest BCUT2D eigenvalue weighted by Crippen LogP contribution is -2.35. The van der Waals surface area contributed by atoms with Crippen LogP contribution in [0.4, 0.5) is 4.79 Å². The predicted molar refractivity (Wildman–Crippen MR) is 90.8 cm³/mol. The van der Waals surface area contributed by atoms with Gasteiger partial charge in [0.25, 0.3) is 0 Å². The highest BCUT2D eigenvalue weighted by molar-refractivity contribution is 5.86. The quantitative estimate of drug-likeness (QED) is 0.250. The van der Waals surface area contributed by atoms with Crippen LogP contribution in [0, 0.1) is 0 Å². The van der Waals surface area contributed by atoms with E-state index in [4.69, 9.17) is 14.2 Å². The number of amides is 1. The van der Waals surface area contributed by atoms with Crippen LogP contribution in [0.2, 0.25) is 0 Å². The number of carbonyl (C=O) groups excluding carboxylic acids is 3. The van der Waals surface area contributed by atoms with E-state index in [1.807, 2.05) is 6.92 Å². The summed E-state index contributed by atoms with van der Waals surface area (Å²) < 4.78 is 15.1. The Labute approximate surface area is 148 Å². The molecule has 0 aromatic carbocycles. The molecule has 0 rings (SSSR count). The van der Waals surface area contributed by atoms with Crippen molar-refractivity contribution in [2.75, 3.05) is 13.2 Å². The summed E-state index contributed by atoms with van der Waals surface area (Å²) in [5.41, 5.74) is 0.274. The number of nitrogens with one attached hydrogen (secondary N) is 1. The molecule has 0 spiro atoms. The fourth-order valence-corrected chi connectivity index (χ4v) is 1.98. The molecule has 0 fully saturated rings. The van der Waals surface area contributed by atoms with Crippen molar-refractivity contribution in [3.05, 3.63) is 12.2 Å². The van der Waals surface area contributed by atoms with E-state index in [0.717, 1.165) is 0 Å². The average Bonchev–Trinajstić information content (AvgIpc) is 2.49. The van der Waals surface area contributed by atoms with Crippen molar-refractivity contribution in [3.63, 3.8) is 0 Å². The molecule has 8 heteroatoms. The van der Waals surface area contributed by atoms with Gasteiger partial charge in [0.15, 0.2) is 0 Å². The van der Waals surface area contributed by atoms with Crippen LogP contribution in [0.25, 0.3) is 0 Å². The molecule has 0 aliphatic rings. The van der Waals surface area contributed by atoms with Crippen molar-refractivity contribution >= 4 is 18.0 Å². The third-order valence-electron chi connectivity index (χ3n) is 3.19. The largest absolute Gasteiger partial charge is 0.463 e. The predicted octanol–water partition coefficient (Wildman–Crippen LogP) is 1.70. The van der Waals surface area contributed by atoms with Crippen molar-refractivity contribution in [1.82, 2.24) is 5.32 Å². The smallest absolute Gasteiger partial charge is 0.407 e. The second-order valence-electron chi connectivity index (χ2n) is 5.82. The van der Waals surface area contributed by atoms with Gasteiger partial charge in [-0.25, -0.2) is 9.59 Å². The molecule has 0 aromatic rings. The number of rotatable bonds is 11. The molecule has 1 amide bonds. The van der Waals surface area contributed by atoms with E-state index < -0.39 is 36.3 Å². The molecule has 144 valence electrons. The molecule has 0 saturated heterocycles. The molecule has 3 unspecified atom stereocenters. The minimum Gasteiger partial charge on any atom is -0.463 e. The Morgan fingerprint density at radius 3 is 2.32 bits per heavy atom. The standard InChI is InChI=1S/C17H29NO7/c1-6-14(20)10-15(9-12(4)24-13(5)19)25-17(22)18-7-8-23-16(21)11(2)3/h12,14-15,20H,2,6-10H2,1,3-5H3,(H,18,22). The third kappa shape index (κ3) is 12.0. The first-order valence-corrected chi connectivity index (χ1v) is 8.28. The van der Waals surface area contributed by atoms with E-state index in [0.29, 0.717) is 6.42 Å². The van der Waals surface area contributed by atoms with Crippen molar-refractivity contribution in [2.45, 2.75) is 65.3 Å². The molecule has 3 atom stereocenters. The molecule has 2 N–H and O–H groups in total. The Kier molecular flexibility index (Phi) is 11.3. The summed E-state index contributed by atoms with van der Waals surface area (Å²) in [6.45, 7) is 9.84. The molecular weight excluding hydrogens is 330 g/mol. The summed E-state index contributed by atoms with van der Waals surface area (Å²) in [5.74, 6) is -0.958. The van der Waals surface area contributed by atoms with Crippen LogP contribution in [0.15, 0.2) is 12.2 Å². The SMILES string of the molecule is C=C(C)C(=O)OCCNC(=O)OC(CC(O)CC)CC(C)OC(C)=O. The van der Waals surface area contributed by atoms with E-state index in [2.05, 4.69) is 11.9 Å². The van der Waals surface area contributed by atoms with Gasteiger partial charge in [-0.15, -0.1) is 0 Å². The van der Waals surface area contributed by atoms with Crippen molar-refractivity contribution in [3.8, 4) is 0 Å². The highest BCUT2D eigenvalue weighted by Crippen LogP contribution is 2.14. The second kappa shape index (κ2) is 12.3. The maximum absolute atomic E-state index is 11.8. The van der Waals surface area contributed by atoms with Gasteiger partial charge in [-0.05, 0) is 20.3 Å². The van der Waals surface area contributed by atoms with Crippen molar-refractivity contribution in [2.24, 2.45) is 0 Å². The maximum atomic E-state index is 11.8. The highest BCUT2D eigenvalue weighted by Gasteiger charge is 2.22. The van der Waals surface area contributed by atoms with Crippen LogP contribution in [0.1, 0.15) is 47.0 Å². The Bertz CT molecular complexity index is 464. The number of hydrogen-bond donors (Lipinski definition) is 2. The molecule has 0 aliphatic heterocycles. The fourth-order valence-electron chi connectivity index (χ4n) is 1.98. The average molecular weight is 359 g/mol. The lowest BCUT2D eigenvalue weighted by Gasteiger charge is -2.23. The van der Waals surface area contributed by atoms with E-state index in [9.17, 15) is 19.5 Å². The van der Waals surface area contributed by atoms with E-state index in [1.54, 1.807) is 6.92 Å². The van der Waals surface area contributed by atoms with Crippen LogP contribution in [-0.2, 0) is 23.8 Å². The first-order chi connectivity index (χ1) is 11.6. The van der Waals surface area contributed by atoms with Gasteiger partial charge in [-0.1, -0.05) is 13.5 Å². The monoisotopic (exact) mass is 359 g/mol. The zero-order valence-corrected chi connectivity index (χ0v) is 15.4. The first kappa shape index (κ1) is 22.9. The van der Waals surface area contributed by atoms with Gasteiger partial charge in [-0.2, -0.15) is 0 Å². The second-order valence-corrected chi connectivity index (χ2v) is 5.82. The Morgan fingerprint density at radius 1 is 1.16 bits per heavy atom. The molecule has 0 radical (unpaired) electrons. The van der Waals surface area contributed by atoms with Crippen LogP contribution in [0.3, 0.4) is 0 Å². The number of aliphatic hydroxyl groups excluding tert-OH is 1. The number of esters is 2. The van der Waals surface area contributed by atoms with Gasteiger partial charge >= 0.3 is 18.0 Å².